The molecule has 0 aliphatic rings. The second-order valence-corrected chi connectivity index (χ2v) is 3.95. The highest BCUT2D eigenvalue weighted by atomic mass is 15.3. The van der Waals surface area contributed by atoms with Gasteiger partial charge in [-0.2, -0.15) is 5.10 Å². The van der Waals surface area contributed by atoms with Crippen molar-refractivity contribution in [1.82, 2.24) is 25.1 Å². The van der Waals surface area contributed by atoms with E-state index in [1.165, 1.54) is 0 Å². The standard InChI is InChI=1S/C12H17N5/c1-4-17-12(15-8-16-17)11(13-3)10-5-9(2)6-14-7-10/h5-8,11,13H,4H2,1-3H3. The van der Waals surface area contributed by atoms with Crippen molar-refractivity contribution in [2.45, 2.75) is 26.4 Å². The first-order valence-electron chi connectivity index (χ1n) is 5.72. The van der Waals surface area contributed by atoms with Crippen molar-refractivity contribution in [2.75, 3.05) is 7.05 Å². The van der Waals surface area contributed by atoms with Crippen LogP contribution >= 0.6 is 0 Å². The Morgan fingerprint density at radius 2 is 2.24 bits per heavy atom. The Balaban J connectivity index is 2.40. The summed E-state index contributed by atoms with van der Waals surface area (Å²) in [6.45, 7) is 4.90. The number of aromatic nitrogens is 4. The number of hydrogen-bond donors (Lipinski definition) is 1. The van der Waals surface area contributed by atoms with Crippen molar-refractivity contribution < 1.29 is 0 Å². The molecule has 2 rings (SSSR count). The molecule has 0 saturated heterocycles. The van der Waals surface area contributed by atoms with Crippen LogP contribution in [0.25, 0.3) is 0 Å². The van der Waals surface area contributed by atoms with Gasteiger partial charge in [-0.1, -0.05) is 6.07 Å². The lowest BCUT2D eigenvalue weighted by atomic mass is 10.1. The summed E-state index contributed by atoms with van der Waals surface area (Å²) in [6, 6.07) is 2.15. The van der Waals surface area contributed by atoms with E-state index in [-0.39, 0.29) is 6.04 Å². The number of hydrogen-bond acceptors (Lipinski definition) is 4. The van der Waals surface area contributed by atoms with Gasteiger partial charge in [0.05, 0.1) is 6.04 Å². The van der Waals surface area contributed by atoms with Gasteiger partial charge in [0.25, 0.3) is 0 Å². The largest absolute Gasteiger partial charge is 0.307 e. The van der Waals surface area contributed by atoms with Gasteiger partial charge in [0.15, 0.2) is 0 Å². The summed E-state index contributed by atoms with van der Waals surface area (Å²) in [7, 11) is 1.92. The van der Waals surface area contributed by atoms with Gasteiger partial charge < -0.3 is 5.32 Å². The molecule has 0 fully saturated rings. The molecule has 0 amide bonds. The van der Waals surface area contributed by atoms with Gasteiger partial charge in [-0.3, -0.25) is 4.98 Å². The Morgan fingerprint density at radius 1 is 1.41 bits per heavy atom. The molecule has 17 heavy (non-hydrogen) atoms. The van der Waals surface area contributed by atoms with Crippen LogP contribution in [0.1, 0.15) is 29.9 Å². The minimum absolute atomic E-state index is 0.0323. The predicted octanol–water partition coefficient (Wildman–Crippen LogP) is 1.31. The van der Waals surface area contributed by atoms with Gasteiger partial charge >= 0.3 is 0 Å². The van der Waals surface area contributed by atoms with Gasteiger partial charge in [-0.15, -0.1) is 0 Å². The second kappa shape index (κ2) is 5.05. The quantitative estimate of drug-likeness (QED) is 0.862. The molecule has 0 saturated carbocycles. The molecule has 5 nitrogen and oxygen atoms in total. The molecule has 0 aromatic carbocycles. The van der Waals surface area contributed by atoms with Crippen LogP contribution in [0.3, 0.4) is 0 Å². The Kier molecular flexibility index (Phi) is 3.49. The summed E-state index contributed by atoms with van der Waals surface area (Å²) in [5.74, 6) is 0.919. The molecule has 2 heterocycles. The maximum Gasteiger partial charge on any atom is 0.148 e. The molecule has 90 valence electrons. The summed E-state index contributed by atoms with van der Waals surface area (Å²) in [5, 5.41) is 7.46. The average molecular weight is 231 g/mol. The van der Waals surface area contributed by atoms with Crippen LogP contribution in [0.15, 0.2) is 24.8 Å². The van der Waals surface area contributed by atoms with Crippen molar-refractivity contribution in [2.24, 2.45) is 0 Å². The van der Waals surface area contributed by atoms with Gasteiger partial charge in [0.1, 0.15) is 12.2 Å². The van der Waals surface area contributed by atoms with Crippen LogP contribution in [0.5, 0.6) is 0 Å². The summed E-state index contributed by atoms with van der Waals surface area (Å²) in [4.78, 5) is 8.55. The van der Waals surface area contributed by atoms with Crippen LogP contribution in [-0.2, 0) is 6.54 Å². The van der Waals surface area contributed by atoms with Crippen molar-refractivity contribution in [3.05, 3.63) is 41.7 Å². The smallest absolute Gasteiger partial charge is 0.148 e. The maximum atomic E-state index is 4.33. The van der Waals surface area contributed by atoms with Crippen LogP contribution in [-0.4, -0.2) is 26.8 Å². The first kappa shape index (κ1) is 11.7. The third-order valence-electron chi connectivity index (χ3n) is 2.72. The van der Waals surface area contributed by atoms with Gasteiger partial charge in [0, 0.05) is 18.9 Å². The van der Waals surface area contributed by atoms with Crippen LogP contribution in [0.2, 0.25) is 0 Å². The molecule has 0 aliphatic carbocycles. The molecule has 2 aromatic rings. The van der Waals surface area contributed by atoms with E-state index in [2.05, 4.69) is 33.4 Å². The molecule has 2 aromatic heterocycles. The fraction of sp³-hybridized carbons (Fsp3) is 0.417. The van der Waals surface area contributed by atoms with Crippen molar-refractivity contribution >= 4 is 0 Å². The molecular weight excluding hydrogens is 214 g/mol. The Morgan fingerprint density at radius 3 is 2.88 bits per heavy atom. The van der Waals surface area contributed by atoms with Gasteiger partial charge in [-0.25, -0.2) is 9.67 Å². The topological polar surface area (TPSA) is 55.6 Å². The molecule has 5 heteroatoms. The third kappa shape index (κ3) is 2.34. The third-order valence-corrected chi connectivity index (χ3v) is 2.72. The number of rotatable bonds is 4. The number of nitrogens with zero attached hydrogens (tertiary/aromatic N) is 4. The fourth-order valence-corrected chi connectivity index (χ4v) is 1.92. The molecule has 0 spiro atoms. The van der Waals surface area contributed by atoms with Gasteiger partial charge in [-0.05, 0) is 32.0 Å². The molecule has 1 N–H and O–H groups in total. The van der Waals surface area contributed by atoms with E-state index < -0.39 is 0 Å². The zero-order chi connectivity index (χ0) is 12.3. The number of pyridine rings is 1. The van der Waals surface area contributed by atoms with E-state index in [4.69, 9.17) is 0 Å². The summed E-state index contributed by atoms with van der Waals surface area (Å²) in [5.41, 5.74) is 2.25. The van der Waals surface area contributed by atoms with Crippen molar-refractivity contribution in [3.8, 4) is 0 Å². The summed E-state index contributed by atoms with van der Waals surface area (Å²) < 4.78 is 1.89. The maximum absolute atomic E-state index is 4.33. The molecule has 0 radical (unpaired) electrons. The first-order valence-corrected chi connectivity index (χ1v) is 5.72. The lowest BCUT2D eigenvalue weighted by Gasteiger charge is -2.16. The zero-order valence-corrected chi connectivity index (χ0v) is 10.4. The summed E-state index contributed by atoms with van der Waals surface area (Å²) in [6.07, 6.45) is 5.30. The van der Waals surface area contributed by atoms with E-state index in [9.17, 15) is 0 Å². The van der Waals surface area contributed by atoms with Crippen LogP contribution in [0, 0.1) is 6.92 Å². The number of nitrogens with one attached hydrogen (secondary N) is 1. The highest BCUT2D eigenvalue weighted by Crippen LogP contribution is 2.19. The monoisotopic (exact) mass is 231 g/mol. The normalized spacial score (nSPS) is 12.6. The first-order chi connectivity index (χ1) is 8.26. The zero-order valence-electron chi connectivity index (χ0n) is 10.4. The second-order valence-electron chi connectivity index (χ2n) is 3.95. The Hall–Kier alpha value is -1.75. The minimum atomic E-state index is 0.0323. The molecule has 1 atom stereocenters. The summed E-state index contributed by atoms with van der Waals surface area (Å²) >= 11 is 0. The van der Waals surface area contributed by atoms with Crippen LogP contribution < -0.4 is 5.32 Å². The minimum Gasteiger partial charge on any atom is -0.307 e. The molecule has 1 unspecified atom stereocenters. The molecular formula is C12H17N5. The van der Waals surface area contributed by atoms with Crippen molar-refractivity contribution in [3.63, 3.8) is 0 Å². The highest BCUT2D eigenvalue weighted by Gasteiger charge is 2.17. The van der Waals surface area contributed by atoms with E-state index in [0.717, 1.165) is 23.5 Å². The van der Waals surface area contributed by atoms with E-state index in [1.807, 2.05) is 31.0 Å². The lowest BCUT2D eigenvalue weighted by molar-refractivity contribution is 0.551. The average Bonchev–Trinajstić information content (AvgIpc) is 2.78. The molecule has 0 aliphatic heterocycles. The SMILES string of the molecule is CCn1ncnc1C(NC)c1cncc(C)c1. The Labute approximate surface area is 101 Å². The fourth-order valence-electron chi connectivity index (χ4n) is 1.92. The number of aryl methyl sites for hydroxylation is 2. The molecule has 0 bridgehead atoms. The van der Waals surface area contributed by atoms with E-state index in [0.29, 0.717) is 0 Å². The Bertz CT molecular complexity index is 491. The van der Waals surface area contributed by atoms with Crippen molar-refractivity contribution in [1.29, 1.82) is 0 Å². The van der Waals surface area contributed by atoms with Gasteiger partial charge in [0.2, 0.25) is 0 Å². The predicted molar refractivity (Wildman–Crippen MR) is 65.6 cm³/mol. The van der Waals surface area contributed by atoms with Crippen LogP contribution in [0.4, 0.5) is 0 Å². The van der Waals surface area contributed by atoms with E-state index in [1.54, 1.807) is 6.33 Å². The van der Waals surface area contributed by atoms with E-state index >= 15 is 0 Å². The highest BCUT2D eigenvalue weighted by molar-refractivity contribution is 5.25. The lowest BCUT2D eigenvalue weighted by Crippen LogP contribution is -2.22.